The maximum Gasteiger partial charge on any atom is 0.304 e. The normalized spacial score (nSPS) is 13.4. The van der Waals surface area contributed by atoms with E-state index in [4.69, 9.17) is 0 Å². The average Bonchev–Trinajstić information content (AvgIpc) is 2.35. The molecule has 1 aromatic rings. The summed E-state index contributed by atoms with van der Waals surface area (Å²) >= 11 is 0. The summed E-state index contributed by atoms with van der Waals surface area (Å²) in [7, 11) is -0.301. The SMILES string of the molecule is CC(CNS(=O)(=O)c1ccc([N+](=O)[O-])c(F)c1)N(C)C. The van der Waals surface area contributed by atoms with Crippen LogP contribution in [0.5, 0.6) is 0 Å². The Kier molecular flexibility index (Phi) is 5.15. The van der Waals surface area contributed by atoms with Crippen LogP contribution in [-0.2, 0) is 10.0 Å². The minimum Gasteiger partial charge on any atom is -0.305 e. The molecule has 0 fully saturated rings. The number of nitro groups is 1. The first-order chi connectivity index (χ1) is 9.15. The Hall–Kier alpha value is -1.58. The molecule has 0 saturated carbocycles. The van der Waals surface area contributed by atoms with Crippen LogP contribution in [0.25, 0.3) is 0 Å². The van der Waals surface area contributed by atoms with E-state index in [9.17, 15) is 22.9 Å². The van der Waals surface area contributed by atoms with Crippen molar-refractivity contribution >= 4 is 15.7 Å². The Bertz CT molecular complexity index is 604. The summed E-state index contributed by atoms with van der Waals surface area (Å²) < 4.78 is 39.6. The van der Waals surface area contributed by atoms with Gasteiger partial charge >= 0.3 is 5.69 Å². The molecule has 1 rings (SSSR count). The zero-order valence-corrected chi connectivity index (χ0v) is 12.1. The summed E-state index contributed by atoms with van der Waals surface area (Å²) in [6.45, 7) is 1.97. The van der Waals surface area contributed by atoms with Crippen LogP contribution < -0.4 is 4.72 Å². The van der Waals surface area contributed by atoms with Crippen LogP contribution in [0.15, 0.2) is 23.1 Å². The lowest BCUT2D eigenvalue weighted by Crippen LogP contribution is -2.38. The van der Waals surface area contributed by atoms with Crippen molar-refractivity contribution in [2.45, 2.75) is 17.9 Å². The fourth-order valence-electron chi connectivity index (χ4n) is 1.30. The van der Waals surface area contributed by atoms with Crippen molar-refractivity contribution in [1.82, 2.24) is 9.62 Å². The summed E-state index contributed by atoms with van der Waals surface area (Å²) in [6, 6.07) is 2.43. The number of benzene rings is 1. The van der Waals surface area contributed by atoms with Crippen LogP contribution in [0, 0.1) is 15.9 Å². The third-order valence-corrected chi connectivity index (χ3v) is 4.30. The summed E-state index contributed by atoms with van der Waals surface area (Å²) in [4.78, 5) is 11.0. The van der Waals surface area contributed by atoms with Gasteiger partial charge in [-0.05, 0) is 27.1 Å². The number of sulfonamides is 1. The molecule has 1 unspecified atom stereocenters. The van der Waals surface area contributed by atoms with Gasteiger partial charge in [0, 0.05) is 24.7 Å². The second-order valence-electron chi connectivity index (χ2n) is 4.53. The van der Waals surface area contributed by atoms with Gasteiger partial charge in [-0.15, -0.1) is 0 Å². The lowest BCUT2D eigenvalue weighted by atomic mass is 10.3. The van der Waals surface area contributed by atoms with Crippen molar-refractivity contribution in [2.75, 3.05) is 20.6 Å². The summed E-state index contributed by atoms with van der Waals surface area (Å²) in [5.74, 6) is -1.18. The van der Waals surface area contributed by atoms with Gasteiger partial charge in [-0.2, -0.15) is 4.39 Å². The molecule has 0 aliphatic heterocycles. The maximum atomic E-state index is 13.4. The molecule has 0 bridgehead atoms. The van der Waals surface area contributed by atoms with Crippen molar-refractivity contribution in [1.29, 1.82) is 0 Å². The second kappa shape index (κ2) is 6.25. The molecule has 0 amide bonds. The molecule has 0 saturated heterocycles. The monoisotopic (exact) mass is 305 g/mol. The maximum absolute atomic E-state index is 13.4. The summed E-state index contributed by atoms with van der Waals surface area (Å²) in [5.41, 5.74) is -0.759. The van der Waals surface area contributed by atoms with E-state index >= 15 is 0 Å². The van der Waals surface area contributed by atoms with Crippen molar-refractivity contribution in [3.63, 3.8) is 0 Å². The van der Waals surface area contributed by atoms with Crippen molar-refractivity contribution in [3.05, 3.63) is 34.1 Å². The standard InChI is InChI=1S/C11H16FN3O4S/c1-8(14(2)3)7-13-20(18,19)9-4-5-11(15(16)17)10(12)6-9/h4-6,8,13H,7H2,1-3H3. The van der Waals surface area contributed by atoms with Gasteiger partial charge < -0.3 is 4.90 Å². The molecular formula is C11H16FN3O4S. The van der Waals surface area contributed by atoms with Crippen LogP contribution in [0.1, 0.15) is 6.92 Å². The van der Waals surface area contributed by atoms with E-state index in [1.165, 1.54) is 0 Å². The Labute approximate surface area is 116 Å². The van der Waals surface area contributed by atoms with E-state index in [2.05, 4.69) is 4.72 Å². The van der Waals surface area contributed by atoms with Gasteiger partial charge in [0.05, 0.1) is 9.82 Å². The van der Waals surface area contributed by atoms with Crippen LogP contribution >= 0.6 is 0 Å². The van der Waals surface area contributed by atoms with E-state index in [0.717, 1.165) is 12.1 Å². The van der Waals surface area contributed by atoms with Crippen LogP contribution in [-0.4, -0.2) is 44.9 Å². The van der Waals surface area contributed by atoms with E-state index in [1.807, 2.05) is 11.8 Å². The Morgan fingerprint density at radius 1 is 1.45 bits per heavy atom. The van der Waals surface area contributed by atoms with Gasteiger partial charge in [0.25, 0.3) is 0 Å². The molecule has 1 atom stereocenters. The molecule has 20 heavy (non-hydrogen) atoms. The molecule has 7 nitrogen and oxygen atoms in total. The number of rotatable bonds is 6. The highest BCUT2D eigenvalue weighted by molar-refractivity contribution is 7.89. The molecule has 0 aliphatic rings. The first-order valence-electron chi connectivity index (χ1n) is 5.75. The van der Waals surface area contributed by atoms with Gasteiger partial charge in [0.2, 0.25) is 15.8 Å². The highest BCUT2D eigenvalue weighted by Gasteiger charge is 2.21. The Morgan fingerprint density at radius 2 is 2.05 bits per heavy atom. The summed E-state index contributed by atoms with van der Waals surface area (Å²) in [6.07, 6.45) is 0. The molecule has 0 radical (unpaired) electrons. The predicted molar refractivity (Wildman–Crippen MR) is 71.4 cm³/mol. The van der Waals surface area contributed by atoms with E-state index in [1.54, 1.807) is 14.1 Å². The number of nitrogens with zero attached hydrogens (tertiary/aromatic N) is 2. The third kappa shape index (κ3) is 3.95. The lowest BCUT2D eigenvalue weighted by Gasteiger charge is -2.19. The zero-order chi connectivity index (χ0) is 15.5. The Balaban J connectivity index is 2.94. The number of nitro benzene ring substituents is 1. The molecule has 112 valence electrons. The van der Waals surface area contributed by atoms with E-state index in [-0.39, 0.29) is 17.5 Å². The molecular weight excluding hydrogens is 289 g/mol. The molecule has 1 N–H and O–H groups in total. The minimum atomic E-state index is -3.89. The van der Waals surface area contributed by atoms with Crippen molar-refractivity contribution < 1.29 is 17.7 Å². The number of nitrogens with one attached hydrogen (secondary N) is 1. The van der Waals surface area contributed by atoms with E-state index in [0.29, 0.717) is 6.07 Å². The largest absolute Gasteiger partial charge is 0.305 e. The quantitative estimate of drug-likeness (QED) is 0.624. The van der Waals surface area contributed by atoms with Gasteiger partial charge in [0.15, 0.2) is 0 Å². The number of halogens is 1. The van der Waals surface area contributed by atoms with Crippen molar-refractivity contribution in [2.24, 2.45) is 0 Å². The molecule has 0 aromatic heterocycles. The van der Waals surface area contributed by atoms with E-state index < -0.39 is 26.5 Å². The number of hydrogen-bond acceptors (Lipinski definition) is 5. The fourth-order valence-corrected chi connectivity index (χ4v) is 2.43. The first kappa shape index (κ1) is 16.5. The highest BCUT2D eigenvalue weighted by atomic mass is 32.2. The van der Waals surface area contributed by atoms with Gasteiger partial charge in [-0.25, -0.2) is 13.1 Å². The van der Waals surface area contributed by atoms with Gasteiger partial charge in [0.1, 0.15) is 0 Å². The fraction of sp³-hybridized carbons (Fsp3) is 0.455. The Morgan fingerprint density at radius 3 is 2.50 bits per heavy atom. The molecule has 1 aromatic carbocycles. The second-order valence-corrected chi connectivity index (χ2v) is 6.30. The first-order valence-corrected chi connectivity index (χ1v) is 7.23. The minimum absolute atomic E-state index is 0.0485. The molecule has 0 aliphatic carbocycles. The van der Waals surface area contributed by atoms with Crippen LogP contribution in [0.3, 0.4) is 0 Å². The summed E-state index contributed by atoms with van der Waals surface area (Å²) in [5, 5.41) is 10.5. The van der Waals surface area contributed by atoms with Crippen LogP contribution in [0.2, 0.25) is 0 Å². The lowest BCUT2D eigenvalue weighted by molar-refractivity contribution is -0.387. The third-order valence-electron chi connectivity index (χ3n) is 2.88. The molecule has 9 heteroatoms. The zero-order valence-electron chi connectivity index (χ0n) is 11.3. The van der Waals surface area contributed by atoms with Gasteiger partial charge in [-0.1, -0.05) is 0 Å². The predicted octanol–water partition coefficient (Wildman–Crippen LogP) is 0.962. The molecule has 0 heterocycles. The number of hydrogen-bond donors (Lipinski definition) is 1. The van der Waals surface area contributed by atoms with Gasteiger partial charge in [-0.3, -0.25) is 10.1 Å². The highest BCUT2D eigenvalue weighted by Crippen LogP contribution is 2.20. The molecule has 0 spiro atoms. The topological polar surface area (TPSA) is 92.5 Å². The smallest absolute Gasteiger partial charge is 0.304 e. The number of likely N-dealkylation sites (N-methyl/N-ethyl adjacent to an activating group) is 1. The van der Waals surface area contributed by atoms with Crippen molar-refractivity contribution in [3.8, 4) is 0 Å². The average molecular weight is 305 g/mol. The van der Waals surface area contributed by atoms with Crippen LogP contribution in [0.4, 0.5) is 10.1 Å².